The minimum Gasteiger partial charge on any atom is -0.497 e. The largest absolute Gasteiger partial charge is 0.497 e. The third-order valence-electron chi connectivity index (χ3n) is 3.94. The van der Waals surface area contributed by atoms with Gasteiger partial charge in [-0.3, -0.25) is 4.79 Å². The molecule has 0 saturated heterocycles. The van der Waals surface area contributed by atoms with Crippen molar-refractivity contribution >= 4 is 11.0 Å². The molecule has 118 valence electrons. The molecule has 1 aromatic heterocycles. The van der Waals surface area contributed by atoms with E-state index in [4.69, 9.17) is 13.9 Å². The predicted molar refractivity (Wildman–Crippen MR) is 89.6 cm³/mol. The van der Waals surface area contributed by atoms with Crippen LogP contribution in [-0.2, 0) is 6.42 Å². The third-order valence-corrected chi connectivity index (χ3v) is 3.94. The van der Waals surface area contributed by atoms with Gasteiger partial charge >= 0.3 is 0 Å². The van der Waals surface area contributed by atoms with Crippen molar-refractivity contribution in [2.75, 3.05) is 14.2 Å². The number of fused-ring (bicyclic) bond motifs is 1. The summed E-state index contributed by atoms with van der Waals surface area (Å²) in [6.45, 7) is 1.82. The van der Waals surface area contributed by atoms with Gasteiger partial charge in [-0.15, -0.1) is 0 Å². The SMILES string of the molecule is COc1ccc(Cc2c(C)oc3cc(OC)ccc3c2=O)cc1. The first-order valence-corrected chi connectivity index (χ1v) is 7.35. The molecule has 1 heterocycles. The molecule has 0 unspecified atom stereocenters. The normalized spacial score (nSPS) is 10.7. The molecule has 0 radical (unpaired) electrons. The van der Waals surface area contributed by atoms with Gasteiger partial charge in [0.15, 0.2) is 5.43 Å². The Morgan fingerprint density at radius 1 is 0.957 bits per heavy atom. The molecule has 0 fully saturated rings. The molecule has 0 amide bonds. The van der Waals surface area contributed by atoms with Crippen LogP contribution in [0, 0.1) is 6.92 Å². The molecular formula is C19H18O4. The Morgan fingerprint density at radius 3 is 2.26 bits per heavy atom. The molecule has 4 heteroatoms. The van der Waals surface area contributed by atoms with Gasteiger partial charge in [0.05, 0.1) is 19.6 Å². The number of methoxy groups -OCH3 is 2. The molecular weight excluding hydrogens is 292 g/mol. The maximum absolute atomic E-state index is 12.8. The molecule has 2 aromatic carbocycles. The van der Waals surface area contributed by atoms with Gasteiger partial charge in [-0.25, -0.2) is 0 Å². The summed E-state index contributed by atoms with van der Waals surface area (Å²) in [6.07, 6.45) is 0.528. The summed E-state index contributed by atoms with van der Waals surface area (Å²) >= 11 is 0. The number of ether oxygens (including phenoxy) is 2. The van der Waals surface area contributed by atoms with Gasteiger partial charge in [0.25, 0.3) is 0 Å². The Bertz CT molecular complexity index is 892. The Balaban J connectivity index is 2.04. The fourth-order valence-electron chi connectivity index (χ4n) is 2.60. The zero-order valence-electron chi connectivity index (χ0n) is 13.4. The third kappa shape index (κ3) is 2.93. The van der Waals surface area contributed by atoms with Crippen LogP contribution in [0.3, 0.4) is 0 Å². The highest BCUT2D eigenvalue weighted by atomic mass is 16.5. The number of hydrogen-bond acceptors (Lipinski definition) is 4. The smallest absolute Gasteiger partial charge is 0.196 e. The molecule has 0 aliphatic heterocycles. The predicted octanol–water partition coefficient (Wildman–Crippen LogP) is 3.71. The lowest BCUT2D eigenvalue weighted by atomic mass is 10.0. The Morgan fingerprint density at radius 2 is 1.61 bits per heavy atom. The van der Waals surface area contributed by atoms with Gasteiger partial charge in [0, 0.05) is 18.1 Å². The molecule has 0 aliphatic rings. The van der Waals surface area contributed by atoms with Crippen LogP contribution in [0.1, 0.15) is 16.9 Å². The van der Waals surface area contributed by atoms with Crippen LogP contribution < -0.4 is 14.9 Å². The van der Waals surface area contributed by atoms with E-state index in [0.717, 1.165) is 11.3 Å². The van der Waals surface area contributed by atoms with Crippen LogP contribution in [0.25, 0.3) is 11.0 Å². The minimum atomic E-state index is 0.00206. The van der Waals surface area contributed by atoms with E-state index in [0.29, 0.717) is 34.5 Å². The van der Waals surface area contributed by atoms with Gasteiger partial charge in [-0.2, -0.15) is 0 Å². The first kappa shape index (κ1) is 15.2. The van der Waals surface area contributed by atoms with E-state index in [1.54, 1.807) is 32.4 Å². The number of hydrogen-bond donors (Lipinski definition) is 0. The average molecular weight is 310 g/mol. The first-order chi connectivity index (χ1) is 11.1. The van der Waals surface area contributed by atoms with Crippen molar-refractivity contribution in [3.05, 3.63) is 69.6 Å². The zero-order chi connectivity index (χ0) is 16.4. The number of aryl methyl sites for hydroxylation is 1. The topological polar surface area (TPSA) is 48.7 Å². The fraction of sp³-hybridized carbons (Fsp3) is 0.211. The van der Waals surface area contributed by atoms with Crippen molar-refractivity contribution in [1.29, 1.82) is 0 Å². The molecule has 0 bridgehead atoms. The summed E-state index contributed by atoms with van der Waals surface area (Å²) in [6, 6.07) is 12.9. The average Bonchev–Trinajstić information content (AvgIpc) is 2.58. The summed E-state index contributed by atoms with van der Waals surface area (Å²) in [5, 5.41) is 0.569. The van der Waals surface area contributed by atoms with Gasteiger partial charge in [-0.1, -0.05) is 12.1 Å². The molecule has 3 rings (SSSR count). The van der Waals surface area contributed by atoms with Gasteiger partial charge in [0.2, 0.25) is 0 Å². The molecule has 3 aromatic rings. The van der Waals surface area contributed by atoms with Crippen molar-refractivity contribution in [1.82, 2.24) is 0 Å². The maximum atomic E-state index is 12.8. The Kier molecular flexibility index (Phi) is 4.06. The highest BCUT2D eigenvalue weighted by Gasteiger charge is 2.13. The maximum Gasteiger partial charge on any atom is 0.196 e. The van der Waals surface area contributed by atoms with E-state index in [-0.39, 0.29) is 5.43 Å². The second kappa shape index (κ2) is 6.16. The molecule has 23 heavy (non-hydrogen) atoms. The zero-order valence-corrected chi connectivity index (χ0v) is 13.4. The summed E-state index contributed by atoms with van der Waals surface area (Å²) in [5.41, 5.74) is 2.26. The van der Waals surface area contributed by atoms with Crippen molar-refractivity contribution in [3.8, 4) is 11.5 Å². The highest BCUT2D eigenvalue weighted by Crippen LogP contribution is 2.22. The van der Waals surface area contributed by atoms with E-state index in [2.05, 4.69) is 0 Å². The monoisotopic (exact) mass is 310 g/mol. The van der Waals surface area contributed by atoms with Gasteiger partial charge in [0.1, 0.15) is 22.8 Å². The highest BCUT2D eigenvalue weighted by molar-refractivity contribution is 5.78. The summed E-state index contributed by atoms with van der Waals surface area (Å²) in [4.78, 5) is 12.8. The minimum absolute atomic E-state index is 0.00206. The summed E-state index contributed by atoms with van der Waals surface area (Å²) in [5.74, 6) is 2.10. The van der Waals surface area contributed by atoms with E-state index in [9.17, 15) is 4.79 Å². The second-order valence-corrected chi connectivity index (χ2v) is 5.35. The Hall–Kier alpha value is -2.75. The molecule has 4 nitrogen and oxygen atoms in total. The van der Waals surface area contributed by atoms with E-state index in [1.165, 1.54) is 0 Å². The van der Waals surface area contributed by atoms with Crippen molar-refractivity contribution in [2.45, 2.75) is 13.3 Å². The Labute approximate surface area is 134 Å². The van der Waals surface area contributed by atoms with E-state index in [1.807, 2.05) is 31.2 Å². The molecule has 0 saturated carbocycles. The standard InChI is InChI=1S/C19H18O4/c1-12-17(10-13-4-6-14(21-2)7-5-13)19(20)16-9-8-15(22-3)11-18(16)23-12/h4-9,11H,10H2,1-3H3. The second-order valence-electron chi connectivity index (χ2n) is 5.35. The quantitative estimate of drug-likeness (QED) is 0.737. The van der Waals surface area contributed by atoms with Crippen molar-refractivity contribution < 1.29 is 13.9 Å². The lowest BCUT2D eigenvalue weighted by Gasteiger charge is -2.08. The lowest BCUT2D eigenvalue weighted by Crippen LogP contribution is -2.12. The van der Waals surface area contributed by atoms with E-state index < -0.39 is 0 Å². The lowest BCUT2D eigenvalue weighted by molar-refractivity contribution is 0.414. The van der Waals surface area contributed by atoms with Crippen LogP contribution in [0.4, 0.5) is 0 Å². The van der Waals surface area contributed by atoms with Crippen molar-refractivity contribution in [2.24, 2.45) is 0 Å². The summed E-state index contributed by atoms with van der Waals surface area (Å²) in [7, 11) is 3.22. The summed E-state index contributed by atoms with van der Waals surface area (Å²) < 4.78 is 16.2. The van der Waals surface area contributed by atoms with Crippen molar-refractivity contribution in [3.63, 3.8) is 0 Å². The fourth-order valence-corrected chi connectivity index (χ4v) is 2.60. The van der Waals surface area contributed by atoms with Crippen LogP contribution in [0.2, 0.25) is 0 Å². The molecule has 0 spiro atoms. The van der Waals surface area contributed by atoms with Crippen LogP contribution in [0.5, 0.6) is 11.5 Å². The van der Waals surface area contributed by atoms with Crippen LogP contribution >= 0.6 is 0 Å². The molecule has 0 aliphatic carbocycles. The molecule has 0 N–H and O–H groups in total. The number of rotatable bonds is 4. The van der Waals surface area contributed by atoms with E-state index >= 15 is 0 Å². The number of benzene rings is 2. The van der Waals surface area contributed by atoms with Crippen LogP contribution in [-0.4, -0.2) is 14.2 Å². The molecule has 0 atom stereocenters. The van der Waals surface area contributed by atoms with Gasteiger partial charge in [-0.05, 0) is 36.8 Å². The van der Waals surface area contributed by atoms with Gasteiger partial charge < -0.3 is 13.9 Å². The first-order valence-electron chi connectivity index (χ1n) is 7.35. The van der Waals surface area contributed by atoms with Crippen LogP contribution in [0.15, 0.2) is 51.7 Å².